The van der Waals surface area contributed by atoms with Gasteiger partial charge in [0, 0.05) is 17.7 Å². The maximum atomic E-state index is 12.6. The van der Waals surface area contributed by atoms with E-state index in [2.05, 4.69) is 10.0 Å². The lowest BCUT2D eigenvalue weighted by molar-refractivity contribution is 0.102. The van der Waals surface area contributed by atoms with E-state index in [1.165, 1.54) is 36.6 Å². The van der Waals surface area contributed by atoms with Gasteiger partial charge < -0.3 is 19.2 Å². The van der Waals surface area contributed by atoms with Gasteiger partial charge in [-0.05, 0) is 48.5 Å². The van der Waals surface area contributed by atoms with Gasteiger partial charge in [0.05, 0.1) is 35.9 Å². The predicted molar refractivity (Wildman–Crippen MR) is 114 cm³/mol. The van der Waals surface area contributed by atoms with Gasteiger partial charge in [-0.3, -0.25) is 4.79 Å². The van der Waals surface area contributed by atoms with Crippen molar-refractivity contribution < 1.29 is 27.1 Å². The van der Waals surface area contributed by atoms with Crippen LogP contribution in [0.5, 0.6) is 11.5 Å². The zero-order valence-electron chi connectivity index (χ0n) is 16.3. The Hall–Kier alpha value is -3.01. The fourth-order valence-electron chi connectivity index (χ4n) is 2.95. The number of sulfonamides is 1. The average molecular weight is 463 g/mol. The summed E-state index contributed by atoms with van der Waals surface area (Å²) in [5.74, 6) is 0.928. The van der Waals surface area contributed by atoms with Crippen molar-refractivity contribution in [2.24, 2.45) is 0 Å². The van der Waals surface area contributed by atoms with Gasteiger partial charge in [0.25, 0.3) is 5.91 Å². The number of benzene rings is 2. The van der Waals surface area contributed by atoms with Gasteiger partial charge in [-0.1, -0.05) is 11.6 Å². The van der Waals surface area contributed by atoms with Gasteiger partial charge in [0.2, 0.25) is 10.0 Å². The molecule has 1 amide bonds. The largest absolute Gasteiger partial charge is 0.489 e. The van der Waals surface area contributed by atoms with Crippen LogP contribution >= 0.6 is 11.6 Å². The molecule has 4 rings (SSSR count). The third-order valence-electron chi connectivity index (χ3n) is 4.50. The molecular formula is C21H19ClN2O6S. The summed E-state index contributed by atoms with van der Waals surface area (Å²) < 4.78 is 43.5. The standard InChI is InChI=1S/C21H19ClN2O6S/c22-18-11-14(12-19-20(18)30-10-2-9-29-19)21(25)24-15-4-6-17(7-5-15)31(26,27)23-13-16-3-1-8-28-16/h1,3-8,11-12,23H,2,9-10,13H2,(H,24,25). The van der Waals surface area contributed by atoms with E-state index in [1.54, 1.807) is 18.2 Å². The minimum atomic E-state index is -3.72. The number of hydrogen-bond donors (Lipinski definition) is 2. The topological polar surface area (TPSA) is 107 Å². The predicted octanol–water partition coefficient (Wildman–Crippen LogP) is 3.83. The van der Waals surface area contributed by atoms with E-state index in [0.29, 0.717) is 41.7 Å². The van der Waals surface area contributed by atoms with E-state index in [1.807, 2.05) is 0 Å². The van der Waals surface area contributed by atoms with Gasteiger partial charge >= 0.3 is 0 Å². The molecule has 162 valence electrons. The Balaban J connectivity index is 1.44. The van der Waals surface area contributed by atoms with E-state index in [4.69, 9.17) is 25.5 Å². The van der Waals surface area contributed by atoms with Gasteiger partial charge in [0.1, 0.15) is 5.76 Å². The van der Waals surface area contributed by atoms with Crippen molar-refractivity contribution in [2.75, 3.05) is 18.5 Å². The molecule has 2 heterocycles. The SMILES string of the molecule is O=C(Nc1ccc(S(=O)(=O)NCc2ccco2)cc1)c1cc(Cl)c2c(c1)OCCCO2. The molecule has 2 aromatic carbocycles. The Bertz CT molecular complexity index is 1180. The second-order valence-corrected chi connectivity index (χ2v) is 8.89. The Morgan fingerprint density at radius 3 is 2.58 bits per heavy atom. The highest BCUT2D eigenvalue weighted by Crippen LogP contribution is 2.38. The first-order valence-corrected chi connectivity index (χ1v) is 11.3. The molecule has 0 unspecified atom stereocenters. The van der Waals surface area contributed by atoms with E-state index in [0.717, 1.165) is 6.42 Å². The summed E-state index contributed by atoms with van der Waals surface area (Å²) in [4.78, 5) is 12.7. The molecule has 0 bridgehead atoms. The molecule has 8 nitrogen and oxygen atoms in total. The molecule has 31 heavy (non-hydrogen) atoms. The Kier molecular flexibility index (Phi) is 6.17. The first-order valence-electron chi connectivity index (χ1n) is 9.45. The zero-order chi connectivity index (χ0) is 21.8. The number of furan rings is 1. The molecule has 0 fully saturated rings. The van der Waals surface area contributed by atoms with Crippen molar-refractivity contribution in [1.29, 1.82) is 0 Å². The van der Waals surface area contributed by atoms with Crippen LogP contribution in [0.4, 0.5) is 5.69 Å². The normalized spacial score (nSPS) is 13.5. The fourth-order valence-corrected chi connectivity index (χ4v) is 4.20. The number of halogens is 1. The van der Waals surface area contributed by atoms with Crippen LogP contribution in [0.15, 0.2) is 64.1 Å². The number of hydrogen-bond acceptors (Lipinski definition) is 6. The number of fused-ring (bicyclic) bond motifs is 1. The van der Waals surface area contributed by atoms with Crippen LogP contribution in [0.2, 0.25) is 5.02 Å². The molecule has 10 heteroatoms. The maximum Gasteiger partial charge on any atom is 0.255 e. The maximum absolute atomic E-state index is 12.6. The van der Waals surface area contributed by atoms with Crippen LogP contribution in [0, 0.1) is 0 Å². The van der Waals surface area contributed by atoms with E-state index in [-0.39, 0.29) is 16.5 Å². The van der Waals surface area contributed by atoms with Crippen LogP contribution in [-0.4, -0.2) is 27.5 Å². The van der Waals surface area contributed by atoms with Crippen LogP contribution in [0.3, 0.4) is 0 Å². The highest BCUT2D eigenvalue weighted by molar-refractivity contribution is 7.89. The number of amides is 1. The summed E-state index contributed by atoms with van der Waals surface area (Å²) >= 11 is 6.24. The number of carbonyl (C=O) groups is 1. The minimum absolute atomic E-state index is 0.0404. The second-order valence-electron chi connectivity index (χ2n) is 6.72. The number of nitrogens with one attached hydrogen (secondary N) is 2. The molecule has 0 spiro atoms. The summed E-state index contributed by atoms with van der Waals surface area (Å²) in [5, 5.41) is 3.00. The monoisotopic (exact) mass is 462 g/mol. The lowest BCUT2D eigenvalue weighted by Gasteiger charge is -2.12. The molecule has 0 atom stereocenters. The van der Waals surface area contributed by atoms with Crippen molar-refractivity contribution in [3.05, 3.63) is 71.1 Å². The van der Waals surface area contributed by atoms with Crippen molar-refractivity contribution in [1.82, 2.24) is 4.72 Å². The van der Waals surface area contributed by atoms with Crippen LogP contribution < -0.4 is 19.5 Å². The van der Waals surface area contributed by atoms with Crippen LogP contribution in [-0.2, 0) is 16.6 Å². The van der Waals surface area contributed by atoms with Crippen molar-refractivity contribution in [3.8, 4) is 11.5 Å². The minimum Gasteiger partial charge on any atom is -0.489 e. The first kappa shape index (κ1) is 21.2. The van der Waals surface area contributed by atoms with Gasteiger partial charge in [-0.15, -0.1) is 0 Å². The Morgan fingerprint density at radius 1 is 1.06 bits per heavy atom. The molecule has 0 saturated carbocycles. The molecule has 0 radical (unpaired) electrons. The lowest BCUT2D eigenvalue weighted by atomic mass is 10.1. The molecule has 3 aromatic rings. The van der Waals surface area contributed by atoms with Crippen LogP contribution in [0.1, 0.15) is 22.5 Å². The number of rotatable bonds is 6. The van der Waals surface area contributed by atoms with Crippen molar-refractivity contribution >= 4 is 33.2 Å². The van der Waals surface area contributed by atoms with E-state index < -0.39 is 15.9 Å². The molecule has 1 aliphatic heterocycles. The Morgan fingerprint density at radius 2 is 1.84 bits per heavy atom. The summed E-state index contributed by atoms with van der Waals surface area (Å²) in [6.45, 7) is 1.00. The third kappa shape index (κ3) is 5.01. The summed E-state index contributed by atoms with van der Waals surface area (Å²) in [5.41, 5.74) is 0.726. The van der Waals surface area contributed by atoms with Gasteiger partial charge in [-0.2, -0.15) is 0 Å². The molecular weight excluding hydrogens is 444 g/mol. The highest BCUT2D eigenvalue weighted by atomic mass is 35.5. The smallest absolute Gasteiger partial charge is 0.255 e. The summed E-state index contributed by atoms with van der Waals surface area (Å²) in [7, 11) is -3.72. The van der Waals surface area contributed by atoms with E-state index in [9.17, 15) is 13.2 Å². The molecule has 0 aliphatic carbocycles. The number of carbonyl (C=O) groups excluding carboxylic acids is 1. The van der Waals surface area contributed by atoms with Crippen LogP contribution in [0.25, 0.3) is 0 Å². The molecule has 2 N–H and O–H groups in total. The van der Waals surface area contributed by atoms with Crippen molar-refractivity contribution in [2.45, 2.75) is 17.9 Å². The second kappa shape index (κ2) is 9.01. The fraction of sp³-hybridized carbons (Fsp3) is 0.190. The number of ether oxygens (including phenoxy) is 2. The molecule has 0 saturated heterocycles. The average Bonchev–Trinajstić information content (AvgIpc) is 3.16. The van der Waals surface area contributed by atoms with E-state index >= 15 is 0 Å². The quantitative estimate of drug-likeness (QED) is 0.576. The first-order chi connectivity index (χ1) is 14.9. The lowest BCUT2D eigenvalue weighted by Crippen LogP contribution is -2.23. The highest BCUT2D eigenvalue weighted by Gasteiger charge is 2.19. The summed E-state index contributed by atoms with van der Waals surface area (Å²) in [6.07, 6.45) is 2.19. The van der Waals surface area contributed by atoms with Gasteiger partial charge in [0.15, 0.2) is 11.5 Å². The van der Waals surface area contributed by atoms with Crippen molar-refractivity contribution in [3.63, 3.8) is 0 Å². The Labute approximate surface area is 184 Å². The molecule has 1 aromatic heterocycles. The van der Waals surface area contributed by atoms with Gasteiger partial charge in [-0.25, -0.2) is 13.1 Å². The zero-order valence-corrected chi connectivity index (χ0v) is 17.8. The number of anilines is 1. The third-order valence-corrected chi connectivity index (χ3v) is 6.20. The summed E-state index contributed by atoms with van der Waals surface area (Å²) in [6, 6.07) is 12.2. The molecule has 1 aliphatic rings.